The van der Waals surface area contributed by atoms with Crippen LogP contribution < -0.4 is 10.9 Å². The summed E-state index contributed by atoms with van der Waals surface area (Å²) in [6.07, 6.45) is -4.31. The van der Waals surface area contributed by atoms with E-state index in [9.17, 15) is 31.9 Å². The Balaban J connectivity index is 1.87. The second-order valence-electron chi connectivity index (χ2n) is 9.18. The smallest absolute Gasteiger partial charge is 0.418 e. The summed E-state index contributed by atoms with van der Waals surface area (Å²) in [5.41, 5.74) is -0.347. The Morgan fingerprint density at radius 1 is 1.10 bits per heavy atom. The maximum absolute atomic E-state index is 13.5. The second kappa shape index (κ2) is 11.6. The highest BCUT2D eigenvalue weighted by Gasteiger charge is 2.34. The van der Waals surface area contributed by atoms with E-state index in [1.807, 2.05) is 0 Å². The van der Waals surface area contributed by atoms with Crippen LogP contribution in [0, 0.1) is 12.7 Å². The van der Waals surface area contributed by atoms with Gasteiger partial charge in [-0.15, -0.1) is 0 Å². The zero-order valence-electron chi connectivity index (χ0n) is 21.9. The summed E-state index contributed by atoms with van der Waals surface area (Å²) < 4.78 is 64.1. The van der Waals surface area contributed by atoms with Crippen molar-refractivity contribution in [2.45, 2.75) is 26.4 Å². The molecule has 1 heterocycles. The van der Waals surface area contributed by atoms with Crippen molar-refractivity contribution in [3.8, 4) is 11.1 Å². The minimum absolute atomic E-state index is 0.126. The third kappa shape index (κ3) is 6.49. The van der Waals surface area contributed by atoms with E-state index >= 15 is 0 Å². The normalized spacial score (nSPS) is 12.0. The van der Waals surface area contributed by atoms with E-state index in [0.29, 0.717) is 38.2 Å². The maximum atomic E-state index is 13.5. The van der Waals surface area contributed by atoms with E-state index in [-0.39, 0.29) is 17.2 Å². The Bertz CT molecular complexity index is 1780. The van der Waals surface area contributed by atoms with Gasteiger partial charge in [0.05, 0.1) is 30.3 Å². The Morgan fingerprint density at radius 3 is 2.51 bits per heavy atom. The van der Waals surface area contributed by atoms with Crippen LogP contribution in [-0.2, 0) is 26.9 Å². The largest absolute Gasteiger partial charge is 0.466 e. The first-order valence-electron chi connectivity index (χ1n) is 12.1. The van der Waals surface area contributed by atoms with Crippen molar-refractivity contribution in [3.63, 3.8) is 0 Å². The van der Waals surface area contributed by atoms with Crippen LogP contribution in [0.4, 0.5) is 23.2 Å². The molecule has 41 heavy (non-hydrogen) atoms. The predicted molar refractivity (Wildman–Crippen MR) is 147 cm³/mol. The number of ether oxygens (including phenoxy) is 1. The number of fused-ring (bicyclic) bond motifs is 1. The van der Waals surface area contributed by atoms with E-state index in [0.717, 1.165) is 12.1 Å². The molecule has 1 aromatic heterocycles. The van der Waals surface area contributed by atoms with Crippen LogP contribution in [0.25, 0.3) is 27.7 Å². The fraction of sp³-hybridized carbons (Fsp3) is 0.167. The molecule has 212 valence electrons. The minimum Gasteiger partial charge on any atom is -0.466 e. The Morgan fingerprint density at radius 2 is 1.83 bits per heavy atom. The van der Waals surface area contributed by atoms with Crippen molar-refractivity contribution in [3.05, 3.63) is 104 Å². The molecule has 4 aromatic rings. The average molecular weight is 588 g/mol. The van der Waals surface area contributed by atoms with Crippen molar-refractivity contribution in [1.29, 1.82) is 0 Å². The number of allylic oxidation sites excluding steroid dienone is 1. The van der Waals surface area contributed by atoms with Gasteiger partial charge in [0.2, 0.25) is 5.91 Å². The lowest BCUT2D eigenvalue weighted by molar-refractivity contribution is -0.137. The molecule has 0 aliphatic heterocycles. The van der Waals surface area contributed by atoms with Crippen LogP contribution in [0.1, 0.15) is 29.2 Å². The topological polar surface area (TPSA) is 85.6 Å². The van der Waals surface area contributed by atoms with Gasteiger partial charge in [-0.2, -0.15) is 13.2 Å². The van der Waals surface area contributed by atoms with Gasteiger partial charge in [-0.05, 0) is 66.4 Å². The molecule has 1 amide bonds. The average Bonchev–Trinajstić information content (AvgIpc) is 2.90. The molecule has 0 aliphatic carbocycles. The number of carbonyl (C=O) groups excluding carboxylic acids is 2. The van der Waals surface area contributed by atoms with E-state index < -0.39 is 47.2 Å². The van der Waals surface area contributed by atoms with Crippen molar-refractivity contribution in [2.24, 2.45) is 0 Å². The van der Waals surface area contributed by atoms with E-state index in [1.165, 1.54) is 19.3 Å². The fourth-order valence-electron chi connectivity index (χ4n) is 4.31. The molecule has 3 aromatic carbocycles. The lowest BCUT2D eigenvalue weighted by Gasteiger charge is -2.16. The number of hydrogen-bond donors (Lipinski definition) is 1. The number of halogens is 5. The summed E-state index contributed by atoms with van der Waals surface area (Å²) in [6.45, 7) is 3.42. The number of alkyl halides is 3. The number of amides is 1. The third-order valence-electron chi connectivity index (χ3n) is 6.32. The van der Waals surface area contributed by atoms with Crippen LogP contribution in [0.15, 0.2) is 69.9 Å². The van der Waals surface area contributed by atoms with Crippen molar-refractivity contribution in [1.82, 2.24) is 0 Å². The van der Waals surface area contributed by atoms with Crippen LogP contribution in [0.5, 0.6) is 0 Å². The molecule has 0 bridgehead atoms. The molecule has 0 saturated heterocycles. The molecule has 0 spiro atoms. The Kier molecular flexibility index (Phi) is 8.34. The first-order chi connectivity index (χ1) is 19.3. The van der Waals surface area contributed by atoms with Gasteiger partial charge in [-0.3, -0.25) is 4.79 Å². The third-order valence-corrected chi connectivity index (χ3v) is 6.73. The first kappa shape index (κ1) is 29.5. The van der Waals surface area contributed by atoms with Gasteiger partial charge >= 0.3 is 17.8 Å². The summed E-state index contributed by atoms with van der Waals surface area (Å²) in [4.78, 5) is 38.0. The number of esters is 1. The summed E-state index contributed by atoms with van der Waals surface area (Å²) in [7, 11) is 1.24. The number of benzene rings is 3. The van der Waals surface area contributed by atoms with Gasteiger partial charge in [0.25, 0.3) is 0 Å². The van der Waals surface area contributed by atoms with Crippen molar-refractivity contribution in [2.75, 3.05) is 12.4 Å². The number of hydrogen-bond acceptors (Lipinski definition) is 5. The summed E-state index contributed by atoms with van der Waals surface area (Å²) in [5, 5.41) is 2.90. The van der Waals surface area contributed by atoms with Crippen LogP contribution in [0.2, 0.25) is 5.02 Å². The molecular weight excluding hydrogens is 566 g/mol. The molecule has 0 aliphatic rings. The van der Waals surface area contributed by atoms with Crippen LogP contribution >= 0.6 is 11.6 Å². The van der Waals surface area contributed by atoms with Gasteiger partial charge in [-0.25, -0.2) is 14.0 Å². The van der Waals surface area contributed by atoms with Gasteiger partial charge in [-0.1, -0.05) is 29.8 Å². The predicted octanol–water partition coefficient (Wildman–Crippen LogP) is 7.34. The number of nitrogens with one attached hydrogen (secondary N) is 1. The van der Waals surface area contributed by atoms with Gasteiger partial charge in [0, 0.05) is 28.1 Å². The van der Waals surface area contributed by atoms with Crippen molar-refractivity contribution >= 4 is 45.7 Å². The lowest BCUT2D eigenvalue weighted by Crippen LogP contribution is -2.22. The van der Waals surface area contributed by atoms with E-state index in [2.05, 4.69) is 10.1 Å². The molecule has 0 unspecified atom stereocenters. The first-order valence-corrected chi connectivity index (χ1v) is 12.5. The van der Waals surface area contributed by atoms with Gasteiger partial charge < -0.3 is 14.5 Å². The molecule has 0 radical (unpaired) electrons. The number of carbonyl (C=O) groups is 2. The van der Waals surface area contributed by atoms with E-state index in [1.54, 1.807) is 44.2 Å². The number of rotatable bonds is 6. The standard InChI is InChI=1S/C30H22ClF4NO5/c1-15(10-27(38)40-3)17-5-4-6-18(11-17)28-20-9-16(2)23(31)14-25(20)41-29(39)21(28)13-26(37)36-24-8-7-19(32)12-22(24)30(33,34)35/h4-12,14H,13H2,1-3H3,(H,36,37)/b15-10+. The van der Waals surface area contributed by atoms with Gasteiger partial charge in [0.1, 0.15) is 11.4 Å². The molecule has 4 rings (SSSR count). The zero-order valence-corrected chi connectivity index (χ0v) is 22.7. The molecular formula is C30H22ClF4NO5. The molecule has 1 N–H and O–H groups in total. The number of methoxy groups -OCH3 is 1. The van der Waals surface area contributed by atoms with Crippen LogP contribution in [-0.4, -0.2) is 19.0 Å². The quantitative estimate of drug-likeness (QED) is 0.110. The number of aryl methyl sites for hydroxylation is 1. The highest BCUT2D eigenvalue weighted by Crippen LogP contribution is 2.37. The van der Waals surface area contributed by atoms with Crippen LogP contribution in [0.3, 0.4) is 0 Å². The zero-order chi connectivity index (χ0) is 30.1. The maximum Gasteiger partial charge on any atom is 0.418 e. The number of anilines is 1. The Hall–Kier alpha value is -4.44. The monoisotopic (exact) mass is 587 g/mol. The molecule has 0 fully saturated rings. The van der Waals surface area contributed by atoms with Crippen molar-refractivity contribution < 1.29 is 36.3 Å². The molecule has 11 heteroatoms. The molecule has 0 atom stereocenters. The summed E-state index contributed by atoms with van der Waals surface area (Å²) in [5.74, 6) is -2.66. The molecule has 0 saturated carbocycles. The SMILES string of the molecule is COC(=O)/C=C(\C)c1cccc(-c2c(CC(=O)Nc3ccc(F)cc3C(F)(F)F)c(=O)oc3cc(Cl)c(C)cc23)c1. The molecule has 6 nitrogen and oxygen atoms in total. The highest BCUT2D eigenvalue weighted by molar-refractivity contribution is 6.32. The minimum atomic E-state index is -4.94. The highest BCUT2D eigenvalue weighted by atomic mass is 35.5. The second-order valence-corrected chi connectivity index (χ2v) is 9.59. The van der Waals surface area contributed by atoms with E-state index in [4.69, 9.17) is 16.0 Å². The Labute approximate surface area is 236 Å². The summed E-state index contributed by atoms with van der Waals surface area (Å²) >= 11 is 6.25. The summed E-state index contributed by atoms with van der Waals surface area (Å²) in [6, 6.07) is 11.8. The van der Waals surface area contributed by atoms with Gasteiger partial charge in [0.15, 0.2) is 0 Å². The lowest BCUT2D eigenvalue weighted by atomic mass is 9.92. The fourth-order valence-corrected chi connectivity index (χ4v) is 4.47.